The van der Waals surface area contributed by atoms with E-state index in [-0.39, 0.29) is 32.0 Å². The number of ether oxygens (including phenoxy) is 2. The van der Waals surface area contributed by atoms with Gasteiger partial charge in [0.25, 0.3) is 7.82 Å². The van der Waals surface area contributed by atoms with Crippen molar-refractivity contribution in [1.29, 1.82) is 0 Å². The predicted molar refractivity (Wildman–Crippen MR) is 369 cm³/mol. The van der Waals surface area contributed by atoms with Gasteiger partial charge in [0.2, 0.25) is 0 Å². The first-order valence-electron chi connectivity index (χ1n) is 35.2. The molecule has 0 bridgehead atoms. The number of allylic oxidation sites excluding steroid dienone is 20. The Hall–Kier alpha value is -3.59. The fourth-order valence-electron chi connectivity index (χ4n) is 9.65. The molecule has 0 rings (SSSR count). The molecule has 86 heavy (non-hydrogen) atoms. The number of quaternary nitrogens is 1. The number of hydrogen-bond acceptors (Lipinski definition) is 8. The number of rotatable bonds is 64. The van der Waals surface area contributed by atoms with Crippen LogP contribution in [0.1, 0.15) is 296 Å². The van der Waals surface area contributed by atoms with Crippen molar-refractivity contribution < 1.29 is 42.1 Å². The summed E-state index contributed by atoms with van der Waals surface area (Å²) in [5.74, 6) is -0.834. The van der Waals surface area contributed by atoms with Crippen molar-refractivity contribution >= 4 is 19.8 Å². The number of esters is 2. The van der Waals surface area contributed by atoms with E-state index in [2.05, 4.69) is 135 Å². The molecule has 0 aliphatic carbocycles. The molecule has 0 heterocycles. The monoisotopic (exact) mass is 1220 g/mol. The molecule has 2 unspecified atom stereocenters. The van der Waals surface area contributed by atoms with Gasteiger partial charge in [-0.05, 0) is 103 Å². The van der Waals surface area contributed by atoms with Crippen LogP contribution in [0.25, 0.3) is 0 Å². The third-order valence-corrected chi connectivity index (χ3v) is 15.9. The van der Waals surface area contributed by atoms with Crippen LogP contribution < -0.4 is 4.89 Å². The molecule has 0 amide bonds. The van der Waals surface area contributed by atoms with Crippen LogP contribution >= 0.6 is 7.82 Å². The van der Waals surface area contributed by atoms with E-state index >= 15 is 0 Å². The molecule has 0 aromatic rings. The van der Waals surface area contributed by atoms with Crippen molar-refractivity contribution in [2.24, 2.45) is 0 Å². The van der Waals surface area contributed by atoms with Gasteiger partial charge >= 0.3 is 11.9 Å². The second kappa shape index (κ2) is 65.8. The number of unbranched alkanes of at least 4 members (excludes halogenated alkanes) is 30. The van der Waals surface area contributed by atoms with Gasteiger partial charge in [0, 0.05) is 12.8 Å². The summed E-state index contributed by atoms with van der Waals surface area (Å²) in [5, 5.41) is 0. The topological polar surface area (TPSA) is 111 Å². The minimum Gasteiger partial charge on any atom is -0.756 e. The lowest BCUT2D eigenvalue weighted by Crippen LogP contribution is -2.37. The third-order valence-electron chi connectivity index (χ3n) is 15.0. The second-order valence-electron chi connectivity index (χ2n) is 24.5. The summed E-state index contributed by atoms with van der Waals surface area (Å²) in [4.78, 5) is 38.1. The molecule has 0 radical (unpaired) electrons. The van der Waals surface area contributed by atoms with E-state index in [0.29, 0.717) is 17.4 Å². The molecular weight excluding hydrogens is 1090 g/mol. The van der Waals surface area contributed by atoms with Crippen LogP contribution in [0.15, 0.2) is 122 Å². The van der Waals surface area contributed by atoms with E-state index in [9.17, 15) is 19.0 Å². The Morgan fingerprint density at radius 2 is 0.628 bits per heavy atom. The number of hydrogen-bond donors (Lipinski definition) is 0. The van der Waals surface area contributed by atoms with Crippen LogP contribution in [0.5, 0.6) is 0 Å². The fraction of sp³-hybridized carbons (Fsp3) is 0.711. The number of likely N-dealkylation sites (N-methyl/N-ethyl adjacent to an activating group) is 1. The fourth-order valence-corrected chi connectivity index (χ4v) is 10.4. The summed E-state index contributed by atoms with van der Waals surface area (Å²) < 4.78 is 34.3. The average Bonchev–Trinajstić information content (AvgIpc) is 3.67. The lowest BCUT2D eigenvalue weighted by atomic mass is 10.0. The van der Waals surface area contributed by atoms with Gasteiger partial charge in [0.1, 0.15) is 19.8 Å². The lowest BCUT2D eigenvalue weighted by molar-refractivity contribution is -0.870. The van der Waals surface area contributed by atoms with E-state index in [1.54, 1.807) is 0 Å². The zero-order valence-corrected chi connectivity index (χ0v) is 57.1. The molecule has 0 aliphatic rings. The van der Waals surface area contributed by atoms with Gasteiger partial charge in [-0.1, -0.05) is 302 Å². The largest absolute Gasteiger partial charge is 0.756 e. The predicted octanol–water partition coefficient (Wildman–Crippen LogP) is 22.4. The molecule has 0 aromatic carbocycles. The van der Waals surface area contributed by atoms with Gasteiger partial charge in [-0.2, -0.15) is 0 Å². The maximum Gasteiger partial charge on any atom is 0.306 e. The molecule has 10 heteroatoms. The Bertz CT molecular complexity index is 1870. The highest BCUT2D eigenvalue weighted by Crippen LogP contribution is 2.38. The van der Waals surface area contributed by atoms with Crippen molar-refractivity contribution in [2.75, 3.05) is 47.5 Å². The van der Waals surface area contributed by atoms with Gasteiger partial charge in [0.15, 0.2) is 6.10 Å². The summed E-state index contributed by atoms with van der Waals surface area (Å²) in [5.41, 5.74) is 0. The Kier molecular flexibility index (Phi) is 63.1. The standard InChI is InChI=1S/C76H132NO8P/c1-6-8-10-12-14-16-18-20-22-24-26-28-30-32-34-36-37-38-39-41-42-44-46-48-50-52-54-56-58-60-62-64-66-68-75(78)82-72-74(73-84-86(80,81)83-71-70-77(3,4)5)85-76(79)69-67-65-63-61-59-57-55-53-51-49-47-45-43-40-35-33-31-29-27-25-23-21-19-17-15-13-11-9-7-2/h8-11,14-17,20-23,26-29,33,35,43,45,74H,6-7,12-13,18-19,24-25,30-32,34,36-42,44,46-73H2,1-5H3/b10-8-,11-9-,16-14-,17-15-,22-20-,23-21-,28-26-,29-27-,35-33-,45-43-. The number of phosphoric acid groups is 1. The van der Waals surface area contributed by atoms with Crippen LogP contribution in [0, 0.1) is 0 Å². The van der Waals surface area contributed by atoms with Crippen LogP contribution in [0.2, 0.25) is 0 Å². The van der Waals surface area contributed by atoms with Gasteiger partial charge in [-0.3, -0.25) is 14.2 Å². The quantitative estimate of drug-likeness (QED) is 0.0195. The Morgan fingerprint density at radius 1 is 0.360 bits per heavy atom. The van der Waals surface area contributed by atoms with E-state index in [0.717, 1.165) is 109 Å². The molecule has 9 nitrogen and oxygen atoms in total. The van der Waals surface area contributed by atoms with Gasteiger partial charge in [0.05, 0.1) is 27.7 Å². The first kappa shape index (κ1) is 82.4. The lowest BCUT2D eigenvalue weighted by Gasteiger charge is -2.28. The van der Waals surface area contributed by atoms with E-state index in [1.165, 1.54) is 154 Å². The van der Waals surface area contributed by atoms with Gasteiger partial charge in [-0.15, -0.1) is 0 Å². The molecule has 0 fully saturated rings. The maximum absolute atomic E-state index is 12.9. The van der Waals surface area contributed by atoms with Gasteiger partial charge < -0.3 is 27.9 Å². The minimum absolute atomic E-state index is 0.0356. The SMILES string of the molecule is CC/C=C\C/C=C\C/C=C\C/C=C\C/C=C\C/C=C\CCCCCCCCCCCCC(=O)OC(COC(=O)CCCCCCCCCCCCCCCCCCCCCC/C=C\C/C=C\C/C=C\C/C=C\CC)COP(=O)([O-])OCC[N+](C)(C)C. The molecule has 0 aliphatic heterocycles. The highest BCUT2D eigenvalue weighted by Gasteiger charge is 2.22. The van der Waals surface area contributed by atoms with Crippen molar-refractivity contribution in [2.45, 2.75) is 302 Å². The summed E-state index contributed by atoms with van der Waals surface area (Å²) in [6.07, 6.45) is 94.2. The number of phosphoric ester groups is 1. The van der Waals surface area contributed by atoms with E-state index in [1.807, 2.05) is 21.1 Å². The normalized spacial score (nSPS) is 13.9. The van der Waals surface area contributed by atoms with Crippen molar-refractivity contribution in [1.82, 2.24) is 0 Å². The summed E-state index contributed by atoms with van der Waals surface area (Å²) in [6.45, 7) is 4.03. The zero-order valence-electron chi connectivity index (χ0n) is 56.2. The first-order valence-corrected chi connectivity index (χ1v) is 36.7. The van der Waals surface area contributed by atoms with Gasteiger partial charge in [-0.25, -0.2) is 0 Å². The van der Waals surface area contributed by atoms with Crippen molar-refractivity contribution in [3.8, 4) is 0 Å². The molecule has 0 N–H and O–H groups in total. The molecule has 494 valence electrons. The second-order valence-corrected chi connectivity index (χ2v) is 25.9. The van der Waals surface area contributed by atoms with Crippen LogP contribution in [-0.4, -0.2) is 70.0 Å². The minimum atomic E-state index is -4.65. The molecular formula is C76H132NO8P. The Morgan fingerprint density at radius 3 is 0.930 bits per heavy atom. The maximum atomic E-state index is 12.9. The van der Waals surface area contributed by atoms with E-state index in [4.69, 9.17) is 18.5 Å². The van der Waals surface area contributed by atoms with E-state index < -0.39 is 26.5 Å². The number of nitrogens with zero attached hydrogens (tertiary/aromatic N) is 1. The summed E-state index contributed by atoms with van der Waals surface area (Å²) in [6, 6.07) is 0. The Labute approximate surface area is 530 Å². The van der Waals surface area contributed by atoms with Crippen LogP contribution in [-0.2, 0) is 32.7 Å². The number of carbonyl (C=O) groups is 2. The Balaban J connectivity index is 4.05. The highest BCUT2D eigenvalue weighted by atomic mass is 31.2. The summed E-state index contributed by atoms with van der Waals surface area (Å²) >= 11 is 0. The smallest absolute Gasteiger partial charge is 0.306 e. The highest BCUT2D eigenvalue weighted by molar-refractivity contribution is 7.45. The summed E-state index contributed by atoms with van der Waals surface area (Å²) in [7, 11) is 1.16. The molecule has 0 spiro atoms. The molecule has 0 saturated carbocycles. The average molecular weight is 1220 g/mol. The van der Waals surface area contributed by atoms with Crippen LogP contribution in [0.3, 0.4) is 0 Å². The first-order chi connectivity index (χ1) is 42.0. The van der Waals surface area contributed by atoms with Crippen molar-refractivity contribution in [3.63, 3.8) is 0 Å². The molecule has 0 aromatic heterocycles. The molecule has 0 saturated heterocycles. The third kappa shape index (κ3) is 69.5. The number of carbonyl (C=O) groups excluding carboxylic acids is 2. The van der Waals surface area contributed by atoms with Crippen molar-refractivity contribution in [3.05, 3.63) is 122 Å². The molecule has 2 atom stereocenters. The zero-order chi connectivity index (χ0) is 62.6. The van der Waals surface area contributed by atoms with Crippen LogP contribution in [0.4, 0.5) is 0 Å².